The molecule has 0 aliphatic carbocycles. The van der Waals surface area contributed by atoms with Crippen molar-refractivity contribution in [1.82, 2.24) is 4.98 Å². The van der Waals surface area contributed by atoms with E-state index in [1.54, 1.807) is 6.20 Å². The maximum Gasteiger partial charge on any atom is 0.404 e. The number of primary amides is 1. The largest absolute Gasteiger partial charge is 0.442 e. The SMILES string of the molecule is NC(=O)OCc1ncc(Br)s1. The van der Waals surface area contributed by atoms with E-state index in [4.69, 9.17) is 5.73 Å². The zero-order chi connectivity index (χ0) is 8.27. The fourth-order valence-electron chi connectivity index (χ4n) is 0.488. The lowest BCUT2D eigenvalue weighted by Crippen LogP contribution is -2.12. The van der Waals surface area contributed by atoms with Crippen molar-refractivity contribution in [3.8, 4) is 0 Å². The molecule has 0 saturated heterocycles. The van der Waals surface area contributed by atoms with E-state index >= 15 is 0 Å². The Morgan fingerprint density at radius 1 is 1.91 bits per heavy atom. The first-order chi connectivity index (χ1) is 5.18. The number of halogens is 1. The summed E-state index contributed by atoms with van der Waals surface area (Å²) in [5, 5.41) is 0.718. The summed E-state index contributed by atoms with van der Waals surface area (Å²) >= 11 is 4.63. The lowest BCUT2D eigenvalue weighted by Gasteiger charge is -1.94. The van der Waals surface area contributed by atoms with Crippen LogP contribution in [0.25, 0.3) is 0 Å². The number of hydrogen-bond donors (Lipinski definition) is 1. The van der Waals surface area contributed by atoms with Gasteiger partial charge < -0.3 is 10.5 Å². The van der Waals surface area contributed by atoms with Crippen LogP contribution in [0, 0.1) is 0 Å². The van der Waals surface area contributed by atoms with E-state index in [2.05, 4.69) is 25.7 Å². The molecule has 0 atom stereocenters. The fraction of sp³-hybridized carbons (Fsp3) is 0.200. The molecule has 11 heavy (non-hydrogen) atoms. The Morgan fingerprint density at radius 3 is 3.09 bits per heavy atom. The average Bonchev–Trinajstić information content (AvgIpc) is 2.31. The Labute approximate surface area is 75.5 Å². The smallest absolute Gasteiger partial charge is 0.404 e. The minimum absolute atomic E-state index is 0.144. The zero-order valence-electron chi connectivity index (χ0n) is 5.41. The second-order valence-electron chi connectivity index (χ2n) is 1.67. The van der Waals surface area contributed by atoms with Gasteiger partial charge in [-0.15, -0.1) is 11.3 Å². The van der Waals surface area contributed by atoms with Gasteiger partial charge in [0.25, 0.3) is 0 Å². The molecule has 0 spiro atoms. The van der Waals surface area contributed by atoms with Crippen LogP contribution in [0.5, 0.6) is 0 Å². The van der Waals surface area contributed by atoms with E-state index in [9.17, 15) is 4.79 Å². The molecule has 1 amide bonds. The maximum absolute atomic E-state index is 10.1. The van der Waals surface area contributed by atoms with Gasteiger partial charge in [0.2, 0.25) is 0 Å². The monoisotopic (exact) mass is 236 g/mol. The number of thiazole rings is 1. The summed E-state index contributed by atoms with van der Waals surface area (Å²) in [5.41, 5.74) is 4.75. The summed E-state index contributed by atoms with van der Waals surface area (Å²) in [4.78, 5) is 14.1. The van der Waals surface area contributed by atoms with E-state index in [-0.39, 0.29) is 6.61 Å². The van der Waals surface area contributed by atoms with Crippen molar-refractivity contribution in [2.75, 3.05) is 0 Å². The van der Waals surface area contributed by atoms with Gasteiger partial charge in [0, 0.05) is 0 Å². The van der Waals surface area contributed by atoms with Crippen LogP contribution in [0.3, 0.4) is 0 Å². The Bertz CT molecular complexity index is 263. The number of aromatic nitrogens is 1. The normalized spacial score (nSPS) is 9.55. The summed E-state index contributed by atoms with van der Waals surface area (Å²) in [6.07, 6.45) is 0.862. The summed E-state index contributed by atoms with van der Waals surface area (Å²) in [5.74, 6) is 0. The summed E-state index contributed by atoms with van der Waals surface area (Å²) in [6, 6.07) is 0. The first-order valence-corrected chi connectivity index (χ1v) is 4.32. The van der Waals surface area contributed by atoms with Gasteiger partial charge in [-0.25, -0.2) is 9.78 Å². The molecule has 0 aliphatic heterocycles. The third-order valence-electron chi connectivity index (χ3n) is 0.863. The molecule has 6 heteroatoms. The van der Waals surface area contributed by atoms with Crippen molar-refractivity contribution in [3.63, 3.8) is 0 Å². The fourth-order valence-corrected chi connectivity index (χ4v) is 1.70. The van der Waals surface area contributed by atoms with E-state index in [0.29, 0.717) is 0 Å². The second-order valence-corrected chi connectivity index (χ2v) is 4.16. The number of rotatable bonds is 2. The number of ether oxygens (including phenoxy) is 1. The van der Waals surface area contributed by atoms with Crippen molar-refractivity contribution < 1.29 is 9.53 Å². The van der Waals surface area contributed by atoms with Gasteiger partial charge >= 0.3 is 6.09 Å². The molecule has 4 nitrogen and oxygen atoms in total. The van der Waals surface area contributed by atoms with Gasteiger partial charge in [-0.3, -0.25) is 0 Å². The van der Waals surface area contributed by atoms with Gasteiger partial charge in [0.1, 0.15) is 11.6 Å². The van der Waals surface area contributed by atoms with Crippen molar-refractivity contribution in [1.29, 1.82) is 0 Å². The van der Waals surface area contributed by atoms with Crippen molar-refractivity contribution in [2.45, 2.75) is 6.61 Å². The highest BCUT2D eigenvalue weighted by Crippen LogP contribution is 2.19. The Morgan fingerprint density at radius 2 is 2.64 bits per heavy atom. The van der Waals surface area contributed by atoms with Crippen LogP contribution in [-0.2, 0) is 11.3 Å². The van der Waals surface area contributed by atoms with Crippen LogP contribution >= 0.6 is 27.3 Å². The van der Waals surface area contributed by atoms with Gasteiger partial charge in [0.05, 0.1) is 9.98 Å². The first kappa shape index (κ1) is 8.48. The topological polar surface area (TPSA) is 65.2 Å². The van der Waals surface area contributed by atoms with Gasteiger partial charge in [-0.2, -0.15) is 0 Å². The molecule has 0 unspecified atom stereocenters. The van der Waals surface area contributed by atoms with Crippen LogP contribution in [0.15, 0.2) is 9.98 Å². The molecule has 0 radical (unpaired) electrons. The van der Waals surface area contributed by atoms with Crippen molar-refractivity contribution in [2.24, 2.45) is 5.73 Å². The van der Waals surface area contributed by atoms with Gasteiger partial charge in [-0.05, 0) is 15.9 Å². The molecule has 0 fully saturated rings. The highest BCUT2D eigenvalue weighted by molar-refractivity contribution is 9.11. The highest BCUT2D eigenvalue weighted by Gasteiger charge is 2.00. The molecule has 0 bridgehead atoms. The van der Waals surface area contributed by atoms with Crippen LogP contribution in [0.4, 0.5) is 4.79 Å². The van der Waals surface area contributed by atoms with Gasteiger partial charge in [0.15, 0.2) is 0 Å². The number of nitrogens with two attached hydrogens (primary N) is 1. The lowest BCUT2D eigenvalue weighted by atomic mass is 10.7. The number of carbonyl (C=O) groups excluding carboxylic acids is 1. The molecule has 1 heterocycles. The molecule has 60 valence electrons. The molecular formula is C5H5BrN2O2S. The van der Waals surface area contributed by atoms with Crippen molar-refractivity contribution >= 4 is 33.4 Å². The van der Waals surface area contributed by atoms with E-state index < -0.39 is 6.09 Å². The molecule has 1 rings (SSSR count). The Hall–Kier alpha value is -0.620. The van der Waals surface area contributed by atoms with Crippen LogP contribution in [0.2, 0.25) is 0 Å². The average molecular weight is 237 g/mol. The number of carbonyl (C=O) groups is 1. The second kappa shape index (κ2) is 3.68. The number of nitrogens with zero attached hydrogens (tertiary/aromatic N) is 1. The molecule has 0 saturated carbocycles. The Kier molecular flexibility index (Phi) is 2.84. The third kappa shape index (κ3) is 2.85. The Balaban J connectivity index is 2.45. The predicted molar refractivity (Wildman–Crippen MR) is 44.2 cm³/mol. The predicted octanol–water partition coefficient (Wildman–Crippen LogP) is 1.50. The summed E-state index contributed by atoms with van der Waals surface area (Å²) < 4.78 is 5.41. The van der Waals surface area contributed by atoms with Crippen LogP contribution in [-0.4, -0.2) is 11.1 Å². The maximum atomic E-state index is 10.1. The standard InChI is InChI=1S/C5H5BrN2O2S/c6-3-1-8-4(11-3)2-10-5(7)9/h1H,2H2,(H2,7,9). The van der Waals surface area contributed by atoms with Crippen molar-refractivity contribution in [3.05, 3.63) is 15.0 Å². The third-order valence-corrected chi connectivity index (χ3v) is 2.31. The zero-order valence-corrected chi connectivity index (χ0v) is 7.81. The lowest BCUT2D eigenvalue weighted by molar-refractivity contribution is 0.150. The molecular weight excluding hydrogens is 232 g/mol. The number of amides is 1. The van der Waals surface area contributed by atoms with E-state index in [1.165, 1.54) is 11.3 Å². The molecule has 1 aromatic heterocycles. The minimum atomic E-state index is -0.781. The van der Waals surface area contributed by atoms with E-state index in [1.807, 2.05) is 0 Å². The quantitative estimate of drug-likeness (QED) is 0.847. The highest BCUT2D eigenvalue weighted by atomic mass is 79.9. The summed E-state index contributed by atoms with van der Waals surface area (Å²) in [6.45, 7) is 0.144. The molecule has 0 aliphatic rings. The molecule has 1 aromatic rings. The molecule has 2 N–H and O–H groups in total. The van der Waals surface area contributed by atoms with Crippen LogP contribution in [0.1, 0.15) is 5.01 Å². The minimum Gasteiger partial charge on any atom is -0.442 e. The molecule has 0 aromatic carbocycles. The first-order valence-electron chi connectivity index (χ1n) is 2.71. The number of hydrogen-bond acceptors (Lipinski definition) is 4. The summed E-state index contributed by atoms with van der Waals surface area (Å²) in [7, 11) is 0. The van der Waals surface area contributed by atoms with Gasteiger partial charge in [-0.1, -0.05) is 0 Å². The van der Waals surface area contributed by atoms with Crippen LogP contribution < -0.4 is 5.73 Å². The van der Waals surface area contributed by atoms with E-state index in [0.717, 1.165) is 8.79 Å².